The number of hydrogen-bond donors (Lipinski definition) is 0. The number of piperidine rings is 1. The van der Waals surface area contributed by atoms with Gasteiger partial charge in [-0.25, -0.2) is 9.67 Å². The Balaban J connectivity index is 1.75. The zero-order chi connectivity index (χ0) is 15.3. The normalized spacial score (nSPS) is 19.2. The van der Waals surface area contributed by atoms with E-state index in [0.29, 0.717) is 0 Å². The van der Waals surface area contributed by atoms with E-state index in [1.807, 2.05) is 31.6 Å². The van der Waals surface area contributed by atoms with Crippen molar-refractivity contribution in [2.75, 3.05) is 11.4 Å². The molecule has 1 atom stereocenters. The van der Waals surface area contributed by atoms with Crippen molar-refractivity contribution in [2.24, 2.45) is 7.05 Å². The maximum absolute atomic E-state index is 5.28. The van der Waals surface area contributed by atoms with Crippen molar-refractivity contribution < 1.29 is 4.52 Å². The smallest absolute Gasteiger partial charge is 0.188 e. The van der Waals surface area contributed by atoms with E-state index in [4.69, 9.17) is 9.51 Å². The molecule has 0 saturated carbocycles. The summed E-state index contributed by atoms with van der Waals surface area (Å²) in [6.07, 6.45) is 3.51. The largest absolute Gasteiger partial charge is 0.361 e. The summed E-state index contributed by atoms with van der Waals surface area (Å²) in [5, 5.41) is 9.74. The molecule has 0 unspecified atom stereocenters. The minimum absolute atomic E-state index is 0.264. The quantitative estimate of drug-likeness (QED) is 0.725. The van der Waals surface area contributed by atoms with Gasteiger partial charge in [0, 0.05) is 19.7 Å². The van der Waals surface area contributed by atoms with E-state index >= 15 is 0 Å². The number of aromatic nitrogens is 4. The topological polar surface area (TPSA) is 60.0 Å². The molecule has 3 aromatic rings. The maximum Gasteiger partial charge on any atom is 0.188 e. The van der Waals surface area contributed by atoms with Gasteiger partial charge in [0.1, 0.15) is 11.5 Å². The van der Waals surface area contributed by atoms with E-state index in [9.17, 15) is 0 Å². The molecule has 1 saturated heterocycles. The van der Waals surface area contributed by atoms with Crippen LogP contribution in [0.25, 0.3) is 10.3 Å². The first-order valence-corrected chi connectivity index (χ1v) is 8.45. The van der Waals surface area contributed by atoms with Crippen LogP contribution in [0.2, 0.25) is 0 Å². The summed E-state index contributed by atoms with van der Waals surface area (Å²) in [4.78, 5) is 7.21. The van der Waals surface area contributed by atoms with Crippen LogP contribution >= 0.6 is 11.3 Å². The van der Waals surface area contributed by atoms with Crippen molar-refractivity contribution in [3.63, 3.8) is 0 Å². The number of aryl methyl sites for hydroxylation is 3. The molecule has 0 aliphatic carbocycles. The Bertz CT molecular complexity index is 783. The van der Waals surface area contributed by atoms with E-state index in [1.165, 1.54) is 17.5 Å². The van der Waals surface area contributed by atoms with Gasteiger partial charge < -0.3 is 9.42 Å². The molecule has 0 spiro atoms. The van der Waals surface area contributed by atoms with E-state index in [-0.39, 0.29) is 6.04 Å². The molecule has 1 aliphatic heterocycles. The Morgan fingerprint density at radius 1 is 1.32 bits per heavy atom. The Labute approximate surface area is 132 Å². The molecule has 0 bridgehead atoms. The van der Waals surface area contributed by atoms with Gasteiger partial charge in [-0.15, -0.1) is 0 Å². The number of anilines is 1. The molecule has 116 valence electrons. The van der Waals surface area contributed by atoms with Crippen LogP contribution in [0.3, 0.4) is 0 Å². The van der Waals surface area contributed by atoms with Crippen LogP contribution in [0.4, 0.5) is 5.13 Å². The SMILES string of the molecule is Cc1cc([C@H]2CCCCN2c2nc3c(s2)c(C)nn3C)no1. The van der Waals surface area contributed by atoms with Crippen molar-refractivity contribution in [3.8, 4) is 0 Å². The molecule has 7 heteroatoms. The van der Waals surface area contributed by atoms with E-state index in [1.54, 1.807) is 11.3 Å². The van der Waals surface area contributed by atoms with Crippen LogP contribution in [0, 0.1) is 13.8 Å². The third-order valence-electron chi connectivity index (χ3n) is 4.27. The van der Waals surface area contributed by atoms with Gasteiger partial charge in [0.2, 0.25) is 0 Å². The van der Waals surface area contributed by atoms with E-state index < -0.39 is 0 Å². The van der Waals surface area contributed by atoms with Gasteiger partial charge in [0.05, 0.1) is 16.4 Å². The molecule has 1 aliphatic rings. The monoisotopic (exact) mass is 317 g/mol. The lowest BCUT2D eigenvalue weighted by atomic mass is 10.00. The molecule has 1 fully saturated rings. The van der Waals surface area contributed by atoms with Crippen LogP contribution in [0.1, 0.15) is 42.5 Å². The van der Waals surface area contributed by atoms with Crippen LogP contribution in [-0.4, -0.2) is 26.5 Å². The predicted octanol–water partition coefficient (Wildman–Crippen LogP) is 3.37. The van der Waals surface area contributed by atoms with E-state index in [2.05, 4.69) is 15.2 Å². The van der Waals surface area contributed by atoms with Crippen molar-refractivity contribution in [1.29, 1.82) is 0 Å². The van der Waals surface area contributed by atoms with Crippen molar-refractivity contribution in [2.45, 2.75) is 39.2 Å². The Morgan fingerprint density at radius 2 is 2.18 bits per heavy atom. The molecule has 0 N–H and O–H groups in total. The first-order valence-electron chi connectivity index (χ1n) is 7.63. The Kier molecular flexibility index (Phi) is 3.18. The zero-order valence-electron chi connectivity index (χ0n) is 13.0. The summed E-state index contributed by atoms with van der Waals surface area (Å²) in [7, 11) is 1.95. The number of nitrogens with zero attached hydrogens (tertiary/aromatic N) is 5. The Hall–Kier alpha value is -1.89. The third-order valence-corrected chi connectivity index (χ3v) is 5.46. The average Bonchev–Trinajstić information content (AvgIpc) is 3.18. The molecule has 4 heterocycles. The highest BCUT2D eigenvalue weighted by atomic mass is 32.1. The highest BCUT2D eigenvalue weighted by Crippen LogP contribution is 2.39. The summed E-state index contributed by atoms with van der Waals surface area (Å²) < 4.78 is 8.32. The van der Waals surface area contributed by atoms with Crippen LogP contribution in [-0.2, 0) is 7.05 Å². The van der Waals surface area contributed by atoms with Gasteiger partial charge in [0.25, 0.3) is 0 Å². The number of thiazole rings is 1. The zero-order valence-corrected chi connectivity index (χ0v) is 13.9. The molecular formula is C15H19N5OS. The van der Waals surface area contributed by atoms with Crippen molar-refractivity contribution in [3.05, 3.63) is 23.2 Å². The molecule has 4 rings (SSSR count). The van der Waals surface area contributed by atoms with Crippen LogP contribution < -0.4 is 4.90 Å². The summed E-state index contributed by atoms with van der Waals surface area (Å²) in [5.41, 5.74) is 3.04. The average molecular weight is 317 g/mol. The molecular weight excluding hydrogens is 298 g/mol. The molecule has 0 radical (unpaired) electrons. The molecule has 6 nitrogen and oxygen atoms in total. The summed E-state index contributed by atoms with van der Waals surface area (Å²) in [6, 6.07) is 2.31. The van der Waals surface area contributed by atoms with Crippen molar-refractivity contribution in [1.82, 2.24) is 19.9 Å². The first kappa shape index (κ1) is 13.8. The number of rotatable bonds is 2. The lowest BCUT2D eigenvalue weighted by Gasteiger charge is -2.34. The third kappa shape index (κ3) is 2.11. The Morgan fingerprint density at radius 3 is 2.91 bits per heavy atom. The van der Waals surface area contributed by atoms with Gasteiger partial charge in [0.15, 0.2) is 10.8 Å². The number of hydrogen-bond acceptors (Lipinski definition) is 6. The highest BCUT2D eigenvalue weighted by molar-refractivity contribution is 7.22. The fourth-order valence-corrected chi connectivity index (χ4v) is 4.32. The summed E-state index contributed by atoms with van der Waals surface area (Å²) >= 11 is 1.73. The van der Waals surface area contributed by atoms with Crippen molar-refractivity contribution >= 4 is 26.8 Å². The highest BCUT2D eigenvalue weighted by Gasteiger charge is 2.29. The minimum Gasteiger partial charge on any atom is -0.361 e. The lowest BCUT2D eigenvalue weighted by molar-refractivity contribution is 0.373. The van der Waals surface area contributed by atoms with Gasteiger partial charge in [-0.1, -0.05) is 16.5 Å². The minimum atomic E-state index is 0.264. The fourth-order valence-electron chi connectivity index (χ4n) is 3.21. The second kappa shape index (κ2) is 5.08. The van der Waals surface area contributed by atoms with Gasteiger partial charge in [-0.05, 0) is 33.1 Å². The van der Waals surface area contributed by atoms with Gasteiger partial charge >= 0.3 is 0 Å². The molecule has 0 amide bonds. The second-order valence-corrected chi connectivity index (χ2v) is 6.90. The van der Waals surface area contributed by atoms with Gasteiger partial charge in [-0.2, -0.15) is 5.10 Å². The number of fused-ring (bicyclic) bond motifs is 1. The summed E-state index contributed by atoms with van der Waals surface area (Å²) in [6.45, 7) is 5.00. The van der Waals surface area contributed by atoms with Crippen LogP contribution in [0.5, 0.6) is 0 Å². The lowest BCUT2D eigenvalue weighted by Crippen LogP contribution is -2.33. The standard InChI is InChI=1S/C15H19N5OS/c1-9-8-11(18-21-9)12-6-4-5-7-20(12)15-16-14-13(22-15)10(2)17-19(14)3/h8,12H,4-7H2,1-3H3/t12-/m1/s1. The molecule has 22 heavy (non-hydrogen) atoms. The van der Waals surface area contributed by atoms with Crippen LogP contribution in [0.15, 0.2) is 10.6 Å². The predicted molar refractivity (Wildman–Crippen MR) is 86.3 cm³/mol. The maximum atomic E-state index is 5.28. The van der Waals surface area contributed by atoms with E-state index in [0.717, 1.165) is 40.9 Å². The molecule has 0 aromatic carbocycles. The van der Waals surface area contributed by atoms with Gasteiger partial charge in [-0.3, -0.25) is 0 Å². The summed E-state index contributed by atoms with van der Waals surface area (Å²) in [5.74, 6) is 0.866. The molecule has 3 aromatic heterocycles. The first-order chi connectivity index (χ1) is 10.6. The fraction of sp³-hybridized carbons (Fsp3) is 0.533. The second-order valence-electron chi connectivity index (χ2n) is 5.93.